The Bertz CT molecular complexity index is 741. The van der Waals surface area contributed by atoms with E-state index in [9.17, 15) is 10.1 Å². The predicted octanol–water partition coefficient (Wildman–Crippen LogP) is 1.69. The summed E-state index contributed by atoms with van der Waals surface area (Å²) in [5, 5.41) is 16.4. The summed E-state index contributed by atoms with van der Waals surface area (Å²) < 4.78 is 1.64. The summed E-state index contributed by atoms with van der Waals surface area (Å²) in [7, 11) is 1.78. The molecule has 0 aliphatic carbocycles. The molecule has 0 bridgehead atoms. The molecule has 0 saturated carbocycles. The maximum absolute atomic E-state index is 11.9. The molecule has 0 radical (unpaired) electrons. The fourth-order valence-electron chi connectivity index (χ4n) is 2.51. The summed E-state index contributed by atoms with van der Waals surface area (Å²) in [6, 6.07) is 9.69. The molecule has 1 aromatic heterocycles. The van der Waals surface area contributed by atoms with Crippen LogP contribution < -0.4 is 10.2 Å². The van der Waals surface area contributed by atoms with Crippen LogP contribution in [0.25, 0.3) is 0 Å². The number of para-hydroxylation sites is 2. The van der Waals surface area contributed by atoms with Crippen LogP contribution in [0.1, 0.15) is 11.3 Å². The first-order valence-electron chi connectivity index (χ1n) is 6.22. The molecule has 0 unspecified atom stereocenters. The monoisotopic (exact) mass is 267 g/mol. The van der Waals surface area contributed by atoms with E-state index in [0.717, 1.165) is 11.4 Å². The van der Waals surface area contributed by atoms with Gasteiger partial charge in [0.05, 0.1) is 17.1 Å². The smallest absolute Gasteiger partial charge is 0.244 e. The molecule has 2 heterocycles. The number of carbonyl (C=O) groups excluding carboxylic acids is 1. The van der Waals surface area contributed by atoms with Gasteiger partial charge in [-0.05, 0) is 19.1 Å². The number of benzene rings is 1. The third-order valence-electron chi connectivity index (χ3n) is 3.33. The molecule has 6 heteroatoms. The Hall–Kier alpha value is -2.81. The van der Waals surface area contributed by atoms with Crippen LogP contribution in [-0.2, 0) is 11.8 Å². The second-order valence-electron chi connectivity index (χ2n) is 4.67. The van der Waals surface area contributed by atoms with Crippen LogP contribution in [0.2, 0.25) is 0 Å². The fourth-order valence-corrected chi connectivity index (χ4v) is 2.51. The minimum atomic E-state index is -0.105. The van der Waals surface area contributed by atoms with Crippen LogP contribution in [0, 0.1) is 18.3 Å². The first kappa shape index (κ1) is 12.2. The van der Waals surface area contributed by atoms with Gasteiger partial charge in [-0.15, -0.1) is 0 Å². The molecule has 1 N–H and O–H groups in total. The number of amides is 1. The topological polar surface area (TPSA) is 74.0 Å². The van der Waals surface area contributed by atoms with E-state index < -0.39 is 0 Å². The fraction of sp³-hybridized carbons (Fsp3) is 0.214. The first-order chi connectivity index (χ1) is 9.61. The molecule has 0 fully saturated rings. The number of carbonyl (C=O) groups is 1. The molecule has 1 aliphatic rings. The molecule has 20 heavy (non-hydrogen) atoms. The summed E-state index contributed by atoms with van der Waals surface area (Å²) in [5.41, 5.74) is 2.77. The third kappa shape index (κ3) is 1.72. The molecule has 0 spiro atoms. The zero-order valence-electron chi connectivity index (χ0n) is 11.2. The Morgan fingerprint density at radius 2 is 2.15 bits per heavy atom. The van der Waals surface area contributed by atoms with Crippen molar-refractivity contribution in [1.82, 2.24) is 9.78 Å². The van der Waals surface area contributed by atoms with Gasteiger partial charge in [-0.3, -0.25) is 9.48 Å². The lowest BCUT2D eigenvalue weighted by Crippen LogP contribution is -2.36. The molecule has 3 rings (SSSR count). The standard InChI is InChI=1S/C14H13N5O/c1-9-10(7-15)14(18(2)17-9)19-8-13(20)16-11-5-3-4-6-12(11)19/h3-6H,8H2,1-2H3,(H,16,20). The number of rotatable bonds is 1. The molecule has 0 saturated heterocycles. The zero-order chi connectivity index (χ0) is 14.3. The number of nitrogens with one attached hydrogen (secondary N) is 1. The van der Waals surface area contributed by atoms with E-state index in [1.165, 1.54) is 0 Å². The molecule has 6 nitrogen and oxygen atoms in total. The number of nitriles is 1. The van der Waals surface area contributed by atoms with E-state index in [4.69, 9.17) is 0 Å². The highest BCUT2D eigenvalue weighted by molar-refractivity contribution is 6.03. The highest BCUT2D eigenvalue weighted by atomic mass is 16.2. The summed E-state index contributed by atoms with van der Waals surface area (Å²) in [6.07, 6.45) is 0. The van der Waals surface area contributed by atoms with Crippen molar-refractivity contribution in [2.24, 2.45) is 7.05 Å². The highest BCUT2D eigenvalue weighted by Crippen LogP contribution is 2.36. The van der Waals surface area contributed by atoms with Gasteiger partial charge < -0.3 is 10.2 Å². The Morgan fingerprint density at radius 3 is 2.90 bits per heavy atom. The van der Waals surface area contributed by atoms with Crippen molar-refractivity contribution in [3.8, 4) is 6.07 Å². The molecule has 2 aromatic rings. The van der Waals surface area contributed by atoms with Crippen LogP contribution in [0.5, 0.6) is 0 Å². The molecule has 1 aromatic carbocycles. The van der Waals surface area contributed by atoms with E-state index in [2.05, 4.69) is 16.5 Å². The van der Waals surface area contributed by atoms with Gasteiger partial charge in [0, 0.05) is 7.05 Å². The number of aromatic nitrogens is 2. The van der Waals surface area contributed by atoms with E-state index >= 15 is 0 Å². The largest absolute Gasteiger partial charge is 0.323 e. The van der Waals surface area contributed by atoms with Crippen molar-refractivity contribution in [2.45, 2.75) is 6.92 Å². The highest BCUT2D eigenvalue weighted by Gasteiger charge is 2.28. The minimum absolute atomic E-state index is 0.105. The third-order valence-corrected chi connectivity index (χ3v) is 3.33. The van der Waals surface area contributed by atoms with Crippen molar-refractivity contribution in [3.63, 3.8) is 0 Å². The lowest BCUT2D eigenvalue weighted by molar-refractivity contribution is -0.115. The van der Waals surface area contributed by atoms with Gasteiger partial charge in [0.25, 0.3) is 0 Å². The maximum atomic E-state index is 11.9. The Labute approximate surface area is 116 Å². The number of nitrogens with zero attached hydrogens (tertiary/aromatic N) is 4. The Morgan fingerprint density at radius 1 is 1.40 bits per heavy atom. The van der Waals surface area contributed by atoms with E-state index in [0.29, 0.717) is 17.1 Å². The van der Waals surface area contributed by atoms with Gasteiger partial charge >= 0.3 is 0 Å². The normalized spacial score (nSPS) is 13.7. The molecule has 0 atom stereocenters. The number of anilines is 3. The van der Waals surface area contributed by atoms with Crippen molar-refractivity contribution in [3.05, 3.63) is 35.5 Å². The maximum Gasteiger partial charge on any atom is 0.244 e. The van der Waals surface area contributed by atoms with Crippen LogP contribution in [0.3, 0.4) is 0 Å². The van der Waals surface area contributed by atoms with Gasteiger partial charge in [0.15, 0.2) is 0 Å². The number of hydrogen-bond donors (Lipinski definition) is 1. The van der Waals surface area contributed by atoms with Crippen molar-refractivity contribution < 1.29 is 4.79 Å². The lowest BCUT2D eigenvalue weighted by atomic mass is 10.1. The Kier molecular flexibility index (Phi) is 2.68. The van der Waals surface area contributed by atoms with Crippen LogP contribution >= 0.6 is 0 Å². The SMILES string of the molecule is Cc1nn(C)c(N2CC(=O)Nc3ccccc32)c1C#N. The van der Waals surface area contributed by atoms with E-state index in [1.807, 2.05) is 29.2 Å². The average Bonchev–Trinajstić information content (AvgIpc) is 2.71. The van der Waals surface area contributed by atoms with Gasteiger partial charge in [0.1, 0.15) is 24.0 Å². The van der Waals surface area contributed by atoms with Crippen LogP contribution in [0.15, 0.2) is 24.3 Å². The molecule has 1 aliphatic heterocycles. The predicted molar refractivity (Wildman–Crippen MR) is 74.7 cm³/mol. The second-order valence-corrected chi connectivity index (χ2v) is 4.67. The summed E-state index contributed by atoms with van der Waals surface area (Å²) in [6.45, 7) is 1.96. The Balaban J connectivity index is 2.21. The molecular weight excluding hydrogens is 254 g/mol. The number of hydrogen-bond acceptors (Lipinski definition) is 4. The number of fused-ring (bicyclic) bond motifs is 1. The first-order valence-corrected chi connectivity index (χ1v) is 6.22. The van der Waals surface area contributed by atoms with Gasteiger partial charge in [-0.25, -0.2) is 0 Å². The van der Waals surface area contributed by atoms with Gasteiger partial charge in [-0.1, -0.05) is 12.1 Å². The molecular formula is C14H13N5O. The average molecular weight is 267 g/mol. The minimum Gasteiger partial charge on any atom is -0.323 e. The zero-order valence-corrected chi connectivity index (χ0v) is 11.2. The van der Waals surface area contributed by atoms with E-state index in [1.54, 1.807) is 18.7 Å². The van der Waals surface area contributed by atoms with Crippen molar-refractivity contribution in [2.75, 3.05) is 16.8 Å². The van der Waals surface area contributed by atoms with Crippen LogP contribution in [0.4, 0.5) is 17.2 Å². The summed E-state index contributed by atoms with van der Waals surface area (Å²) >= 11 is 0. The van der Waals surface area contributed by atoms with E-state index in [-0.39, 0.29) is 12.5 Å². The van der Waals surface area contributed by atoms with Crippen molar-refractivity contribution in [1.29, 1.82) is 5.26 Å². The second kappa shape index (κ2) is 4.38. The molecule has 100 valence electrons. The van der Waals surface area contributed by atoms with Crippen molar-refractivity contribution >= 4 is 23.1 Å². The molecule has 1 amide bonds. The summed E-state index contributed by atoms with van der Waals surface area (Å²) in [5.74, 6) is 0.541. The number of aryl methyl sites for hydroxylation is 2. The summed E-state index contributed by atoms with van der Waals surface area (Å²) in [4.78, 5) is 13.7. The lowest BCUT2D eigenvalue weighted by Gasteiger charge is -2.30. The van der Waals surface area contributed by atoms with Gasteiger partial charge in [-0.2, -0.15) is 10.4 Å². The quantitative estimate of drug-likeness (QED) is 0.853. The van der Waals surface area contributed by atoms with Gasteiger partial charge in [0.2, 0.25) is 5.91 Å². The van der Waals surface area contributed by atoms with Crippen LogP contribution in [-0.4, -0.2) is 22.2 Å².